The zero-order valence-electron chi connectivity index (χ0n) is 24.8. The number of carbonyl (C=O) groups is 3. The van der Waals surface area contributed by atoms with Crippen LogP contribution in [0.3, 0.4) is 0 Å². The van der Waals surface area contributed by atoms with E-state index in [9.17, 15) is 29.2 Å². The average molecular weight is 585 g/mol. The number of aromatic hydroxyl groups is 1. The third kappa shape index (κ3) is 9.21. The average Bonchev–Trinajstić information content (AvgIpc) is 2.80. The molecule has 1 fully saturated rings. The molecule has 1 aromatic carbocycles. The highest BCUT2D eigenvalue weighted by molar-refractivity contribution is 7.62. The van der Waals surface area contributed by atoms with Crippen LogP contribution in [-0.2, 0) is 29.9 Å². The van der Waals surface area contributed by atoms with Crippen molar-refractivity contribution < 1.29 is 43.2 Å². The summed E-state index contributed by atoms with van der Waals surface area (Å²) in [6.45, 7) is 12.7. The van der Waals surface area contributed by atoms with Crippen molar-refractivity contribution in [2.75, 3.05) is 32.4 Å². The van der Waals surface area contributed by atoms with Crippen molar-refractivity contribution in [1.29, 1.82) is 0 Å². The number of benzene rings is 1. The minimum Gasteiger partial charge on any atom is -0.508 e. The summed E-state index contributed by atoms with van der Waals surface area (Å²) in [5.74, 6) is -1.06. The van der Waals surface area contributed by atoms with Crippen LogP contribution in [0.15, 0.2) is 24.3 Å². The molecule has 1 heterocycles. The Bertz CT molecular complexity index is 1050. The fourth-order valence-electron chi connectivity index (χ4n) is 4.58. The molecule has 0 aliphatic carbocycles. The molecule has 1 saturated heterocycles. The summed E-state index contributed by atoms with van der Waals surface area (Å²) >= 11 is 0. The van der Waals surface area contributed by atoms with Crippen molar-refractivity contribution in [3.63, 3.8) is 0 Å². The van der Waals surface area contributed by atoms with Crippen LogP contribution in [0.5, 0.6) is 5.75 Å². The van der Waals surface area contributed by atoms with Crippen molar-refractivity contribution >= 4 is 25.5 Å². The van der Waals surface area contributed by atoms with Crippen molar-refractivity contribution in [3.8, 4) is 5.75 Å². The molecule has 40 heavy (non-hydrogen) atoms. The number of ether oxygens (including phenoxy) is 2. The SMILES string of the molecule is CCOP1(=O)CCN(Cc2ccc(O)cc2)CC1(CCCCN(C(=O)OC(C)(C)C)C(=O)OC(C)(C)C)C(=O)O. The Morgan fingerprint density at radius 1 is 1.00 bits per heavy atom. The zero-order valence-corrected chi connectivity index (χ0v) is 25.7. The molecule has 0 aromatic heterocycles. The van der Waals surface area contributed by atoms with E-state index in [-0.39, 0.29) is 50.9 Å². The van der Waals surface area contributed by atoms with Gasteiger partial charge >= 0.3 is 18.2 Å². The Hall–Kier alpha value is -2.62. The minimum atomic E-state index is -3.60. The molecule has 0 spiro atoms. The predicted molar refractivity (Wildman–Crippen MR) is 151 cm³/mol. The van der Waals surface area contributed by atoms with Gasteiger partial charge in [0.2, 0.25) is 7.37 Å². The Morgan fingerprint density at radius 2 is 1.55 bits per heavy atom. The van der Waals surface area contributed by atoms with Gasteiger partial charge in [-0.05, 0) is 85.4 Å². The van der Waals surface area contributed by atoms with Crippen LogP contribution in [0.25, 0.3) is 0 Å². The van der Waals surface area contributed by atoms with E-state index in [1.165, 1.54) is 0 Å². The number of phenols is 1. The number of rotatable bonds is 10. The van der Waals surface area contributed by atoms with E-state index >= 15 is 0 Å². The summed E-state index contributed by atoms with van der Waals surface area (Å²) in [5, 5.41) is 18.4. The second kappa shape index (κ2) is 13.4. The monoisotopic (exact) mass is 584 g/mol. The first-order valence-corrected chi connectivity index (χ1v) is 15.4. The maximum atomic E-state index is 14.0. The van der Waals surface area contributed by atoms with Gasteiger partial charge in [-0.2, -0.15) is 0 Å². The number of unbranched alkanes of at least 4 members (excludes halogenated alkanes) is 1. The lowest BCUT2D eigenvalue weighted by Gasteiger charge is -2.45. The molecule has 1 aliphatic rings. The van der Waals surface area contributed by atoms with Gasteiger partial charge in [0.1, 0.15) is 17.0 Å². The Balaban J connectivity index is 2.22. The molecule has 1 aromatic rings. The van der Waals surface area contributed by atoms with E-state index in [4.69, 9.17) is 14.0 Å². The second-order valence-electron chi connectivity index (χ2n) is 12.1. The van der Waals surface area contributed by atoms with Crippen LogP contribution in [-0.4, -0.2) is 86.9 Å². The highest BCUT2D eigenvalue weighted by Crippen LogP contribution is 2.63. The van der Waals surface area contributed by atoms with E-state index in [2.05, 4.69) is 0 Å². The van der Waals surface area contributed by atoms with Gasteiger partial charge in [0.05, 0.1) is 6.61 Å². The number of hydrogen-bond donors (Lipinski definition) is 2. The molecule has 2 unspecified atom stereocenters. The molecular formula is C28H45N2O9P. The molecule has 2 atom stereocenters. The highest BCUT2D eigenvalue weighted by Gasteiger charge is 2.58. The van der Waals surface area contributed by atoms with Gasteiger partial charge in [-0.25, -0.2) is 14.5 Å². The first kappa shape index (κ1) is 33.6. The number of carboxylic acid groups (broad SMARTS) is 1. The first-order chi connectivity index (χ1) is 18.4. The first-order valence-electron chi connectivity index (χ1n) is 13.6. The summed E-state index contributed by atoms with van der Waals surface area (Å²) in [6, 6.07) is 6.65. The molecule has 0 radical (unpaired) electrons. The van der Waals surface area contributed by atoms with E-state index in [1.54, 1.807) is 72.7 Å². The smallest absolute Gasteiger partial charge is 0.419 e. The molecule has 2 rings (SSSR count). The molecule has 2 amide bonds. The summed E-state index contributed by atoms with van der Waals surface area (Å²) in [4.78, 5) is 41.2. The van der Waals surface area contributed by atoms with Gasteiger partial charge in [-0.15, -0.1) is 0 Å². The van der Waals surface area contributed by atoms with Crippen LogP contribution in [0.4, 0.5) is 9.59 Å². The number of hydrogen-bond acceptors (Lipinski definition) is 9. The van der Waals surface area contributed by atoms with Crippen molar-refractivity contribution in [1.82, 2.24) is 9.80 Å². The number of aliphatic carboxylic acids is 1. The number of carbonyl (C=O) groups excluding carboxylic acids is 2. The van der Waals surface area contributed by atoms with Gasteiger partial charge in [0.15, 0.2) is 5.16 Å². The van der Waals surface area contributed by atoms with Gasteiger partial charge in [0.25, 0.3) is 0 Å². The lowest BCUT2D eigenvalue weighted by atomic mass is 9.99. The normalized spacial score (nSPS) is 22.0. The summed E-state index contributed by atoms with van der Waals surface area (Å²) in [6.07, 6.45) is -1.08. The lowest BCUT2D eigenvalue weighted by molar-refractivity contribution is -0.141. The van der Waals surface area contributed by atoms with Gasteiger partial charge < -0.3 is 24.2 Å². The van der Waals surface area contributed by atoms with Crippen LogP contribution in [0.2, 0.25) is 0 Å². The van der Waals surface area contributed by atoms with E-state index < -0.39 is 41.9 Å². The summed E-state index contributed by atoms with van der Waals surface area (Å²) in [5.41, 5.74) is -0.786. The lowest BCUT2D eigenvalue weighted by Crippen LogP contribution is -2.54. The fraction of sp³-hybridized carbons (Fsp3) is 0.679. The Kier molecular flexibility index (Phi) is 11.2. The zero-order chi connectivity index (χ0) is 30.4. The van der Waals surface area contributed by atoms with E-state index in [1.807, 2.05) is 4.90 Å². The number of nitrogens with zero attached hydrogens (tertiary/aromatic N) is 2. The molecule has 0 bridgehead atoms. The maximum Gasteiger partial charge on any atom is 0.419 e. The molecule has 11 nitrogen and oxygen atoms in total. The van der Waals surface area contributed by atoms with Crippen LogP contribution in [0, 0.1) is 0 Å². The Morgan fingerprint density at radius 3 is 2.02 bits per heavy atom. The fourth-order valence-corrected chi connectivity index (χ4v) is 7.56. The third-order valence-electron chi connectivity index (χ3n) is 6.38. The molecule has 0 saturated carbocycles. The highest BCUT2D eigenvalue weighted by atomic mass is 31.2. The maximum absolute atomic E-state index is 14.0. The Labute approximate surface area is 237 Å². The van der Waals surface area contributed by atoms with Crippen molar-refractivity contribution in [3.05, 3.63) is 29.8 Å². The van der Waals surface area contributed by atoms with Gasteiger partial charge in [0, 0.05) is 32.3 Å². The van der Waals surface area contributed by atoms with Crippen molar-refractivity contribution in [2.24, 2.45) is 0 Å². The summed E-state index contributed by atoms with van der Waals surface area (Å²) < 4.78 is 30.5. The second-order valence-corrected chi connectivity index (χ2v) is 15.0. The van der Waals surface area contributed by atoms with Gasteiger partial charge in [-0.3, -0.25) is 14.3 Å². The molecule has 2 N–H and O–H groups in total. The summed E-state index contributed by atoms with van der Waals surface area (Å²) in [7, 11) is -3.60. The topological polar surface area (TPSA) is 143 Å². The molecule has 1 aliphatic heterocycles. The number of phenolic OH excluding ortho intramolecular Hbond substituents is 1. The third-order valence-corrected chi connectivity index (χ3v) is 9.70. The molecule has 12 heteroatoms. The largest absolute Gasteiger partial charge is 0.508 e. The predicted octanol–water partition coefficient (Wildman–Crippen LogP) is 5.69. The standard InChI is InChI=1S/C28H45N2O9P/c1-8-37-40(36)18-17-29(19-21-11-13-22(31)14-12-21)20-28(40,23(32)33)15-9-10-16-30(24(34)38-26(2,3)4)25(35)39-27(5,6)7/h11-14,31H,8-10,15-20H2,1-7H3,(H,32,33). The van der Waals surface area contributed by atoms with Crippen LogP contribution in [0.1, 0.15) is 73.3 Å². The van der Waals surface area contributed by atoms with Crippen molar-refractivity contribution in [2.45, 2.75) is 90.6 Å². The van der Waals surface area contributed by atoms with E-state index in [0.717, 1.165) is 10.5 Å². The quantitative estimate of drug-likeness (QED) is 0.260. The molecular weight excluding hydrogens is 539 g/mol. The number of amides is 2. The van der Waals surface area contributed by atoms with Crippen LogP contribution >= 0.6 is 7.37 Å². The van der Waals surface area contributed by atoms with Gasteiger partial charge in [-0.1, -0.05) is 12.1 Å². The van der Waals surface area contributed by atoms with E-state index in [0.29, 0.717) is 13.1 Å². The number of imide groups is 1. The minimum absolute atomic E-state index is 0.0162. The van der Waals surface area contributed by atoms with Crippen LogP contribution < -0.4 is 0 Å². The number of carboxylic acids is 1. The molecule has 226 valence electrons.